The molecule has 0 spiro atoms. The Morgan fingerprint density at radius 3 is 2.56 bits per heavy atom. The van der Waals surface area contributed by atoms with Crippen molar-refractivity contribution in [2.24, 2.45) is 5.92 Å². The molecule has 0 heterocycles. The second-order valence-corrected chi connectivity index (χ2v) is 4.72. The van der Waals surface area contributed by atoms with Crippen molar-refractivity contribution in [3.05, 3.63) is 35.9 Å². The van der Waals surface area contributed by atoms with Crippen LogP contribution in [0.5, 0.6) is 0 Å². The van der Waals surface area contributed by atoms with E-state index >= 15 is 0 Å². The second kappa shape index (κ2) is 7.88. The number of benzene rings is 1. The molecular formula is C15H23NO2. The van der Waals surface area contributed by atoms with Crippen molar-refractivity contribution >= 4 is 5.97 Å². The average molecular weight is 249 g/mol. The molecule has 0 aliphatic rings. The van der Waals surface area contributed by atoms with Gasteiger partial charge in [-0.3, -0.25) is 4.79 Å². The Morgan fingerprint density at radius 1 is 1.33 bits per heavy atom. The first-order chi connectivity index (χ1) is 8.65. The van der Waals surface area contributed by atoms with Crippen molar-refractivity contribution in [3.8, 4) is 0 Å². The Morgan fingerprint density at radius 2 is 2.00 bits per heavy atom. The van der Waals surface area contributed by atoms with Gasteiger partial charge < -0.3 is 10.4 Å². The summed E-state index contributed by atoms with van der Waals surface area (Å²) in [4.78, 5) is 11.1. The minimum absolute atomic E-state index is 0.190. The normalized spacial score (nSPS) is 14.1. The molecule has 3 nitrogen and oxygen atoms in total. The van der Waals surface area contributed by atoms with Crippen molar-refractivity contribution < 1.29 is 9.90 Å². The van der Waals surface area contributed by atoms with Gasteiger partial charge in [0.2, 0.25) is 0 Å². The lowest BCUT2D eigenvalue weighted by Crippen LogP contribution is -2.30. The molecule has 2 atom stereocenters. The van der Waals surface area contributed by atoms with Gasteiger partial charge in [0.05, 0.1) is 5.92 Å². The Labute approximate surface area is 109 Å². The van der Waals surface area contributed by atoms with E-state index in [0.717, 1.165) is 19.3 Å². The fourth-order valence-electron chi connectivity index (χ4n) is 1.94. The van der Waals surface area contributed by atoms with Crippen LogP contribution >= 0.6 is 0 Å². The van der Waals surface area contributed by atoms with Crippen LogP contribution in [-0.4, -0.2) is 17.6 Å². The first kappa shape index (κ1) is 14.7. The monoisotopic (exact) mass is 249 g/mol. The Balaban J connectivity index is 2.44. The van der Waals surface area contributed by atoms with Gasteiger partial charge in [-0.15, -0.1) is 0 Å². The molecule has 0 saturated heterocycles. The van der Waals surface area contributed by atoms with Gasteiger partial charge in [-0.2, -0.15) is 0 Å². The fourth-order valence-corrected chi connectivity index (χ4v) is 1.94. The zero-order chi connectivity index (χ0) is 13.4. The summed E-state index contributed by atoms with van der Waals surface area (Å²) in [6.45, 7) is 4.68. The maximum atomic E-state index is 11.1. The molecule has 0 saturated carbocycles. The van der Waals surface area contributed by atoms with Crippen LogP contribution in [-0.2, 0) is 4.79 Å². The number of carbonyl (C=O) groups is 1. The molecule has 18 heavy (non-hydrogen) atoms. The number of hydrogen-bond acceptors (Lipinski definition) is 2. The molecule has 1 aromatic rings. The van der Waals surface area contributed by atoms with Crippen LogP contribution in [0.25, 0.3) is 0 Å². The molecule has 100 valence electrons. The van der Waals surface area contributed by atoms with E-state index in [-0.39, 0.29) is 12.0 Å². The molecule has 0 radical (unpaired) electrons. The van der Waals surface area contributed by atoms with Crippen molar-refractivity contribution in [1.82, 2.24) is 5.32 Å². The summed E-state index contributed by atoms with van der Waals surface area (Å²) < 4.78 is 0. The number of carboxylic acids is 1. The van der Waals surface area contributed by atoms with Crippen molar-refractivity contribution in [2.75, 3.05) is 6.54 Å². The van der Waals surface area contributed by atoms with Crippen LogP contribution in [0.4, 0.5) is 0 Å². The zero-order valence-corrected chi connectivity index (χ0v) is 11.2. The van der Waals surface area contributed by atoms with Gasteiger partial charge in [0.25, 0.3) is 0 Å². The molecule has 1 rings (SSSR count). The van der Waals surface area contributed by atoms with E-state index in [4.69, 9.17) is 5.11 Å². The quantitative estimate of drug-likeness (QED) is 0.743. The third-order valence-corrected chi connectivity index (χ3v) is 3.23. The molecule has 2 unspecified atom stereocenters. The maximum Gasteiger partial charge on any atom is 0.307 e. The maximum absolute atomic E-state index is 11.1. The molecule has 0 amide bonds. The molecule has 0 aliphatic carbocycles. The van der Waals surface area contributed by atoms with Crippen LogP contribution in [0.15, 0.2) is 30.3 Å². The molecule has 0 aromatic heterocycles. The van der Waals surface area contributed by atoms with Gasteiger partial charge in [-0.05, 0) is 18.9 Å². The summed E-state index contributed by atoms with van der Waals surface area (Å²) in [6, 6.07) is 10.3. The van der Waals surface area contributed by atoms with Crippen LogP contribution < -0.4 is 5.32 Å². The lowest BCUT2D eigenvalue weighted by Gasteiger charge is -2.18. The third-order valence-electron chi connectivity index (χ3n) is 3.23. The van der Waals surface area contributed by atoms with Crippen LogP contribution in [0, 0.1) is 5.92 Å². The molecule has 0 bridgehead atoms. The molecule has 0 aliphatic heterocycles. The second-order valence-electron chi connectivity index (χ2n) is 4.72. The number of unbranched alkanes of at least 4 members (excludes halogenated alkanes) is 1. The van der Waals surface area contributed by atoms with Gasteiger partial charge in [0.1, 0.15) is 0 Å². The minimum atomic E-state index is -0.698. The van der Waals surface area contributed by atoms with Crippen molar-refractivity contribution in [3.63, 3.8) is 0 Å². The smallest absolute Gasteiger partial charge is 0.307 e. The first-order valence-electron chi connectivity index (χ1n) is 6.66. The van der Waals surface area contributed by atoms with Crippen LogP contribution in [0.2, 0.25) is 0 Å². The number of rotatable bonds is 8. The highest BCUT2D eigenvalue weighted by molar-refractivity contribution is 5.70. The van der Waals surface area contributed by atoms with E-state index in [0.29, 0.717) is 6.54 Å². The highest BCUT2D eigenvalue weighted by Gasteiger charge is 2.17. The average Bonchev–Trinajstić information content (AvgIpc) is 2.39. The zero-order valence-electron chi connectivity index (χ0n) is 11.2. The first-order valence-corrected chi connectivity index (χ1v) is 6.66. The molecule has 2 N–H and O–H groups in total. The van der Waals surface area contributed by atoms with Crippen molar-refractivity contribution in [1.29, 1.82) is 0 Å². The summed E-state index contributed by atoms with van der Waals surface area (Å²) in [5.74, 6) is -0.979. The van der Waals surface area contributed by atoms with E-state index in [1.165, 1.54) is 5.56 Å². The minimum Gasteiger partial charge on any atom is -0.481 e. The molecule has 3 heteroatoms. The number of aliphatic carboxylic acids is 1. The largest absolute Gasteiger partial charge is 0.481 e. The summed E-state index contributed by atoms with van der Waals surface area (Å²) in [7, 11) is 0. The number of hydrogen-bond donors (Lipinski definition) is 2. The van der Waals surface area contributed by atoms with Gasteiger partial charge in [0, 0.05) is 12.6 Å². The Bertz CT molecular complexity index is 351. The number of nitrogens with one attached hydrogen (secondary N) is 1. The standard InChI is InChI=1S/C15H23NO2/c1-3-4-8-14(15(17)18)11-16-12(2)13-9-6-5-7-10-13/h5-7,9-10,12,14,16H,3-4,8,11H2,1-2H3,(H,17,18). The summed E-state index contributed by atoms with van der Waals surface area (Å²) in [5.41, 5.74) is 1.19. The van der Waals surface area contributed by atoms with Crippen LogP contribution in [0.3, 0.4) is 0 Å². The van der Waals surface area contributed by atoms with E-state index in [2.05, 4.69) is 31.3 Å². The molecule has 1 aromatic carbocycles. The topological polar surface area (TPSA) is 49.3 Å². The van der Waals surface area contributed by atoms with E-state index in [1.54, 1.807) is 0 Å². The summed E-state index contributed by atoms with van der Waals surface area (Å²) in [5, 5.41) is 12.5. The van der Waals surface area contributed by atoms with Gasteiger partial charge >= 0.3 is 5.97 Å². The molecule has 0 fully saturated rings. The predicted octanol–water partition coefficient (Wildman–Crippen LogP) is 3.23. The van der Waals surface area contributed by atoms with Gasteiger partial charge in [-0.1, -0.05) is 50.1 Å². The van der Waals surface area contributed by atoms with Gasteiger partial charge in [0.15, 0.2) is 0 Å². The Hall–Kier alpha value is -1.35. The van der Waals surface area contributed by atoms with Gasteiger partial charge in [-0.25, -0.2) is 0 Å². The number of carboxylic acid groups (broad SMARTS) is 1. The summed E-state index contributed by atoms with van der Waals surface area (Å²) in [6.07, 6.45) is 2.76. The van der Waals surface area contributed by atoms with E-state index in [1.807, 2.05) is 18.2 Å². The lowest BCUT2D eigenvalue weighted by molar-refractivity contribution is -0.141. The SMILES string of the molecule is CCCCC(CNC(C)c1ccccc1)C(=O)O. The third kappa shape index (κ3) is 4.88. The van der Waals surface area contributed by atoms with E-state index < -0.39 is 5.97 Å². The lowest BCUT2D eigenvalue weighted by atomic mass is 10.0. The predicted molar refractivity (Wildman–Crippen MR) is 73.5 cm³/mol. The highest BCUT2D eigenvalue weighted by Crippen LogP contribution is 2.13. The molecular weight excluding hydrogens is 226 g/mol. The summed E-state index contributed by atoms with van der Waals surface area (Å²) >= 11 is 0. The van der Waals surface area contributed by atoms with E-state index in [9.17, 15) is 4.79 Å². The highest BCUT2D eigenvalue weighted by atomic mass is 16.4. The fraction of sp³-hybridized carbons (Fsp3) is 0.533. The van der Waals surface area contributed by atoms with Crippen LogP contribution in [0.1, 0.15) is 44.7 Å². The Kier molecular flexibility index (Phi) is 6.44. The van der Waals surface area contributed by atoms with Crippen molar-refractivity contribution in [2.45, 2.75) is 39.2 Å².